The van der Waals surface area contributed by atoms with Gasteiger partial charge in [0.25, 0.3) is 11.5 Å². The van der Waals surface area contributed by atoms with E-state index in [-0.39, 0.29) is 27.4 Å². The molecule has 0 aliphatic rings. The lowest BCUT2D eigenvalue weighted by Crippen LogP contribution is -2.22. The molecule has 0 atom stereocenters. The van der Waals surface area contributed by atoms with Crippen LogP contribution in [0.4, 0.5) is 10.3 Å². The number of anilines is 1. The van der Waals surface area contributed by atoms with Crippen LogP contribution in [-0.4, -0.2) is 35.6 Å². The van der Waals surface area contributed by atoms with Crippen molar-refractivity contribution in [2.24, 2.45) is 0 Å². The number of aromatic nitrogens is 6. The number of aromatic amines is 2. The van der Waals surface area contributed by atoms with Crippen LogP contribution in [0.3, 0.4) is 0 Å². The number of para-hydroxylation sites is 1. The molecule has 1 amide bonds. The summed E-state index contributed by atoms with van der Waals surface area (Å²) < 4.78 is 15.3. The molecule has 5 rings (SSSR count). The third kappa shape index (κ3) is 3.81. The van der Waals surface area contributed by atoms with Crippen LogP contribution in [0.25, 0.3) is 28.1 Å². The summed E-state index contributed by atoms with van der Waals surface area (Å²) in [7, 11) is 0. The summed E-state index contributed by atoms with van der Waals surface area (Å²) >= 11 is 5.28. The molecule has 0 fully saturated rings. The predicted molar refractivity (Wildman–Crippen MR) is 122 cm³/mol. The Hall–Kier alpha value is -4.51. The number of rotatable bonds is 4. The van der Waals surface area contributed by atoms with E-state index in [1.807, 2.05) is 6.07 Å². The number of carbonyl (C=O) groups is 1. The first-order chi connectivity index (χ1) is 16.0. The Balaban J connectivity index is 1.47. The molecule has 33 heavy (non-hydrogen) atoms. The highest BCUT2D eigenvalue weighted by atomic mass is 32.1. The lowest BCUT2D eigenvalue weighted by atomic mass is 10.1. The molecule has 0 radical (unpaired) electrons. The van der Waals surface area contributed by atoms with Gasteiger partial charge in [-0.1, -0.05) is 18.2 Å². The number of pyridine rings is 1. The fraction of sp³-hybridized carbons (Fsp3) is 0. The number of halogens is 1. The molecular formula is C22H14FN7O2S. The zero-order valence-electron chi connectivity index (χ0n) is 16.7. The van der Waals surface area contributed by atoms with Crippen LogP contribution in [0.2, 0.25) is 0 Å². The SMILES string of the molecule is O=C(Nc1n[nH]c(-c2ccccn2)n1)c1ccc2c(=O)n(-c3ccccc3F)c(=S)[nH]c2c1. The Morgan fingerprint density at radius 1 is 1.09 bits per heavy atom. The Kier molecular flexibility index (Phi) is 5.07. The first kappa shape index (κ1) is 20.4. The average Bonchev–Trinajstić information content (AvgIpc) is 3.29. The zero-order chi connectivity index (χ0) is 22.9. The molecule has 0 bridgehead atoms. The second-order valence-electron chi connectivity index (χ2n) is 6.96. The quantitative estimate of drug-likeness (QED) is 0.353. The summed E-state index contributed by atoms with van der Waals surface area (Å²) in [6, 6.07) is 15.6. The van der Waals surface area contributed by atoms with Crippen LogP contribution in [0.15, 0.2) is 71.7 Å². The molecule has 0 unspecified atom stereocenters. The average molecular weight is 459 g/mol. The summed E-state index contributed by atoms with van der Waals surface area (Å²) in [5.41, 5.74) is 0.713. The second kappa shape index (κ2) is 8.20. The van der Waals surface area contributed by atoms with Gasteiger partial charge in [0.1, 0.15) is 11.5 Å². The Morgan fingerprint density at radius 3 is 2.70 bits per heavy atom. The van der Waals surface area contributed by atoms with Crippen molar-refractivity contribution in [2.45, 2.75) is 0 Å². The lowest BCUT2D eigenvalue weighted by molar-refractivity contribution is 0.102. The summed E-state index contributed by atoms with van der Waals surface area (Å²) in [4.78, 5) is 37.0. The van der Waals surface area contributed by atoms with Gasteiger partial charge in [0.15, 0.2) is 10.6 Å². The van der Waals surface area contributed by atoms with Crippen LogP contribution in [0, 0.1) is 10.6 Å². The maximum Gasteiger partial charge on any atom is 0.266 e. The highest BCUT2D eigenvalue weighted by molar-refractivity contribution is 7.71. The molecule has 0 aliphatic carbocycles. The fourth-order valence-electron chi connectivity index (χ4n) is 3.32. The van der Waals surface area contributed by atoms with Gasteiger partial charge in [0, 0.05) is 11.8 Å². The maximum atomic E-state index is 14.2. The molecular weight excluding hydrogens is 445 g/mol. The number of benzene rings is 2. The number of nitrogens with one attached hydrogen (secondary N) is 3. The molecule has 5 aromatic rings. The van der Waals surface area contributed by atoms with Gasteiger partial charge in [-0.2, -0.15) is 4.98 Å². The predicted octanol–water partition coefficient (Wildman–Crippen LogP) is 3.62. The van der Waals surface area contributed by atoms with Crippen LogP contribution in [0.1, 0.15) is 10.4 Å². The molecule has 3 heterocycles. The van der Waals surface area contributed by atoms with Crippen molar-refractivity contribution in [2.75, 3.05) is 5.32 Å². The molecule has 0 saturated heterocycles. The summed E-state index contributed by atoms with van der Waals surface area (Å²) in [6.45, 7) is 0. The van der Waals surface area contributed by atoms with E-state index in [4.69, 9.17) is 12.2 Å². The first-order valence-corrected chi connectivity index (χ1v) is 10.1. The molecule has 3 N–H and O–H groups in total. The van der Waals surface area contributed by atoms with Crippen LogP contribution in [-0.2, 0) is 0 Å². The summed E-state index contributed by atoms with van der Waals surface area (Å²) in [6.07, 6.45) is 1.62. The van der Waals surface area contributed by atoms with E-state index in [0.717, 1.165) is 4.57 Å². The number of H-pyrrole nitrogens is 2. The van der Waals surface area contributed by atoms with Crippen molar-refractivity contribution < 1.29 is 9.18 Å². The standard InChI is InChI=1S/C22H14FN7O2S/c23-14-5-1-2-7-17(14)30-20(32)13-9-8-12(11-16(13)25-22(30)33)19(31)27-21-26-18(28-29-21)15-6-3-4-10-24-15/h1-11H,(H,25,33)(H2,26,27,28,29,31). The maximum absolute atomic E-state index is 14.2. The Bertz CT molecular complexity index is 1630. The number of hydrogen-bond donors (Lipinski definition) is 3. The second-order valence-corrected chi connectivity index (χ2v) is 7.35. The minimum absolute atomic E-state index is 0.00382. The molecule has 162 valence electrons. The van der Waals surface area contributed by atoms with Crippen molar-refractivity contribution in [1.29, 1.82) is 0 Å². The number of nitrogens with zero attached hydrogens (tertiary/aromatic N) is 4. The first-order valence-electron chi connectivity index (χ1n) is 9.70. The van der Waals surface area contributed by atoms with Crippen molar-refractivity contribution in [3.05, 3.63) is 93.4 Å². The van der Waals surface area contributed by atoms with E-state index >= 15 is 0 Å². The van der Waals surface area contributed by atoms with Crippen LogP contribution in [0.5, 0.6) is 0 Å². The largest absolute Gasteiger partial charge is 0.331 e. The van der Waals surface area contributed by atoms with Crippen molar-refractivity contribution in [1.82, 2.24) is 29.7 Å². The third-order valence-electron chi connectivity index (χ3n) is 4.87. The third-order valence-corrected chi connectivity index (χ3v) is 5.16. The molecule has 0 spiro atoms. The Morgan fingerprint density at radius 2 is 1.91 bits per heavy atom. The molecule has 9 nitrogen and oxygen atoms in total. The molecule has 3 aromatic heterocycles. The summed E-state index contributed by atoms with van der Waals surface area (Å²) in [5.74, 6) is -0.585. The summed E-state index contributed by atoms with van der Waals surface area (Å²) in [5, 5.41) is 9.54. The highest BCUT2D eigenvalue weighted by Crippen LogP contribution is 2.17. The lowest BCUT2D eigenvalue weighted by Gasteiger charge is -2.10. The smallest absolute Gasteiger partial charge is 0.266 e. The molecule has 11 heteroatoms. The zero-order valence-corrected chi connectivity index (χ0v) is 17.6. The van der Waals surface area contributed by atoms with E-state index in [1.165, 1.54) is 36.4 Å². The van der Waals surface area contributed by atoms with Crippen molar-refractivity contribution in [3.8, 4) is 17.2 Å². The van der Waals surface area contributed by atoms with E-state index < -0.39 is 17.3 Å². The topological polar surface area (TPSA) is 121 Å². The van der Waals surface area contributed by atoms with E-state index in [0.29, 0.717) is 17.0 Å². The van der Waals surface area contributed by atoms with Gasteiger partial charge in [0.05, 0.1) is 16.6 Å². The highest BCUT2D eigenvalue weighted by Gasteiger charge is 2.15. The van der Waals surface area contributed by atoms with Gasteiger partial charge in [-0.3, -0.25) is 25.0 Å². The van der Waals surface area contributed by atoms with Gasteiger partial charge in [-0.25, -0.2) is 8.96 Å². The minimum Gasteiger partial charge on any atom is -0.331 e. The number of amides is 1. The van der Waals surface area contributed by atoms with E-state index in [2.05, 4.69) is 30.5 Å². The van der Waals surface area contributed by atoms with Crippen LogP contribution >= 0.6 is 12.2 Å². The van der Waals surface area contributed by atoms with E-state index in [1.54, 1.807) is 24.4 Å². The molecule has 0 aliphatic heterocycles. The number of fused-ring (bicyclic) bond motifs is 1. The molecule has 2 aromatic carbocycles. The van der Waals surface area contributed by atoms with Gasteiger partial charge in [-0.05, 0) is 54.7 Å². The van der Waals surface area contributed by atoms with Gasteiger partial charge < -0.3 is 4.98 Å². The Labute approximate surface area is 190 Å². The number of hydrogen-bond acceptors (Lipinski definition) is 6. The molecule has 0 saturated carbocycles. The van der Waals surface area contributed by atoms with Crippen molar-refractivity contribution in [3.63, 3.8) is 0 Å². The van der Waals surface area contributed by atoms with E-state index in [9.17, 15) is 14.0 Å². The normalized spacial score (nSPS) is 10.9. The monoisotopic (exact) mass is 459 g/mol. The minimum atomic E-state index is -0.578. The van der Waals surface area contributed by atoms with Gasteiger partial charge in [-0.15, -0.1) is 5.10 Å². The van der Waals surface area contributed by atoms with Gasteiger partial charge in [0.2, 0.25) is 5.95 Å². The fourth-order valence-corrected chi connectivity index (χ4v) is 3.61. The van der Waals surface area contributed by atoms with Gasteiger partial charge >= 0.3 is 0 Å². The van der Waals surface area contributed by atoms with Crippen LogP contribution < -0.4 is 10.9 Å². The number of carbonyl (C=O) groups excluding carboxylic acids is 1. The van der Waals surface area contributed by atoms with Crippen molar-refractivity contribution >= 4 is 35.0 Å².